The van der Waals surface area contributed by atoms with Gasteiger partial charge in [0.1, 0.15) is 11.4 Å². The minimum atomic E-state index is -0.375. The summed E-state index contributed by atoms with van der Waals surface area (Å²) in [7, 11) is 3.16. The molecule has 4 N–H and O–H groups in total. The Labute approximate surface area is 167 Å². The smallest absolute Gasteiger partial charge is 0.257 e. The number of phenolic OH excluding ortho intramolecular Hbond substituents is 1. The molecule has 3 rings (SSSR count). The molecule has 0 radical (unpaired) electrons. The molecule has 9 heteroatoms. The number of aromatic hydroxyl groups is 3. The number of furan rings is 1. The second-order valence-electron chi connectivity index (χ2n) is 6.42. The molecule has 0 atom stereocenters. The van der Waals surface area contributed by atoms with Gasteiger partial charge in [-0.3, -0.25) is 9.36 Å². The van der Waals surface area contributed by atoms with Crippen LogP contribution in [0.4, 0.5) is 17.1 Å². The van der Waals surface area contributed by atoms with E-state index in [1.54, 1.807) is 45.3 Å². The fourth-order valence-corrected chi connectivity index (χ4v) is 2.80. The molecule has 1 aromatic carbocycles. The maximum atomic E-state index is 12.3. The number of carbonyl (C=O) groups excluding carboxylic acids is 1. The van der Waals surface area contributed by atoms with Crippen molar-refractivity contribution in [2.75, 3.05) is 19.4 Å². The highest BCUT2D eigenvalue weighted by Crippen LogP contribution is 2.47. The molecule has 2 heterocycles. The van der Waals surface area contributed by atoms with E-state index in [0.717, 1.165) is 0 Å². The van der Waals surface area contributed by atoms with Gasteiger partial charge in [-0.2, -0.15) is 0 Å². The molecule has 9 nitrogen and oxygen atoms in total. The Morgan fingerprint density at radius 1 is 1.21 bits per heavy atom. The average Bonchev–Trinajstić information content (AvgIpc) is 3.28. The number of aliphatic imine (C=N–C) groups is 1. The summed E-state index contributed by atoms with van der Waals surface area (Å²) >= 11 is 0. The number of rotatable bonds is 6. The van der Waals surface area contributed by atoms with Gasteiger partial charge in [-0.25, -0.2) is 4.99 Å². The number of amides is 1. The molecule has 29 heavy (non-hydrogen) atoms. The van der Waals surface area contributed by atoms with E-state index in [4.69, 9.17) is 4.42 Å². The number of carbonyl (C=O) groups is 1. The highest BCUT2D eigenvalue weighted by atomic mass is 16.3. The largest absolute Gasteiger partial charge is 0.505 e. The van der Waals surface area contributed by atoms with Gasteiger partial charge in [0.05, 0.1) is 23.7 Å². The Morgan fingerprint density at radius 2 is 1.97 bits per heavy atom. The molecule has 3 aromatic rings. The van der Waals surface area contributed by atoms with E-state index in [-0.39, 0.29) is 52.6 Å². The standard InChI is InChI=1S/C20H22N4O5/c1-4-24-19(27)15(21-11-12-7-6-10-29-12)16(20(24)28)22-14-9-5-8-13(17(14)25)18(26)23(2)3/h5-11,22,25,27-28H,4H2,1-3H3. The van der Waals surface area contributed by atoms with Crippen LogP contribution >= 0.6 is 0 Å². The highest BCUT2D eigenvalue weighted by molar-refractivity contribution is 5.99. The molecule has 0 aliphatic rings. The number of hydrogen-bond donors (Lipinski definition) is 4. The molecule has 0 aliphatic heterocycles. The van der Waals surface area contributed by atoms with Crippen LogP contribution in [-0.2, 0) is 6.54 Å². The van der Waals surface area contributed by atoms with Gasteiger partial charge in [-0.1, -0.05) is 6.07 Å². The van der Waals surface area contributed by atoms with E-state index in [1.165, 1.54) is 28.0 Å². The topological polar surface area (TPSA) is 123 Å². The maximum Gasteiger partial charge on any atom is 0.257 e. The van der Waals surface area contributed by atoms with Crippen LogP contribution in [0.1, 0.15) is 23.0 Å². The van der Waals surface area contributed by atoms with Gasteiger partial charge in [-0.05, 0) is 31.2 Å². The molecule has 0 saturated heterocycles. The van der Waals surface area contributed by atoms with Crippen LogP contribution in [0, 0.1) is 0 Å². The molecule has 0 unspecified atom stereocenters. The molecule has 1 amide bonds. The minimum absolute atomic E-state index is 0.0597. The fraction of sp³-hybridized carbons (Fsp3) is 0.200. The highest BCUT2D eigenvalue weighted by Gasteiger charge is 2.24. The summed E-state index contributed by atoms with van der Waals surface area (Å²) in [4.78, 5) is 17.8. The predicted octanol–water partition coefficient (Wildman–Crippen LogP) is 3.41. The van der Waals surface area contributed by atoms with Crippen molar-refractivity contribution < 1.29 is 24.5 Å². The van der Waals surface area contributed by atoms with Crippen LogP contribution in [0.2, 0.25) is 0 Å². The Morgan fingerprint density at radius 3 is 2.59 bits per heavy atom. The molecular formula is C20H22N4O5. The van der Waals surface area contributed by atoms with Crippen LogP contribution in [0.25, 0.3) is 0 Å². The van der Waals surface area contributed by atoms with Crippen molar-refractivity contribution in [3.05, 3.63) is 47.9 Å². The molecular weight excluding hydrogens is 376 g/mol. The van der Waals surface area contributed by atoms with Crippen LogP contribution in [0.15, 0.2) is 46.0 Å². The van der Waals surface area contributed by atoms with E-state index in [2.05, 4.69) is 10.3 Å². The zero-order valence-corrected chi connectivity index (χ0v) is 16.2. The van der Waals surface area contributed by atoms with Gasteiger partial charge in [0, 0.05) is 20.6 Å². The minimum Gasteiger partial charge on any atom is -0.505 e. The second-order valence-corrected chi connectivity index (χ2v) is 6.42. The van der Waals surface area contributed by atoms with Gasteiger partial charge in [-0.15, -0.1) is 0 Å². The maximum absolute atomic E-state index is 12.3. The van der Waals surface area contributed by atoms with E-state index in [1.807, 2.05) is 0 Å². The number of hydrogen-bond acceptors (Lipinski definition) is 7. The first kappa shape index (κ1) is 19.9. The lowest BCUT2D eigenvalue weighted by atomic mass is 10.1. The lowest BCUT2D eigenvalue weighted by Crippen LogP contribution is -2.21. The lowest BCUT2D eigenvalue weighted by molar-refractivity contribution is 0.0824. The van der Waals surface area contributed by atoms with Gasteiger partial charge in [0.2, 0.25) is 11.8 Å². The summed E-state index contributed by atoms with van der Waals surface area (Å²) in [6, 6.07) is 8.01. The van der Waals surface area contributed by atoms with Gasteiger partial charge >= 0.3 is 0 Å². The third-order valence-corrected chi connectivity index (χ3v) is 4.30. The van der Waals surface area contributed by atoms with Crippen molar-refractivity contribution >= 4 is 29.2 Å². The third-order valence-electron chi connectivity index (χ3n) is 4.30. The van der Waals surface area contributed by atoms with E-state index < -0.39 is 0 Å². The van der Waals surface area contributed by atoms with Crippen molar-refractivity contribution in [3.63, 3.8) is 0 Å². The monoisotopic (exact) mass is 398 g/mol. The number of nitrogens with zero attached hydrogens (tertiary/aromatic N) is 3. The zero-order chi connectivity index (χ0) is 21.1. The summed E-state index contributed by atoms with van der Waals surface area (Å²) in [5.74, 6) is -0.716. The van der Waals surface area contributed by atoms with Gasteiger partial charge in [0.25, 0.3) is 5.91 Å². The van der Waals surface area contributed by atoms with Gasteiger partial charge in [0.15, 0.2) is 11.4 Å². The first-order valence-corrected chi connectivity index (χ1v) is 8.87. The number of aromatic nitrogens is 1. The van der Waals surface area contributed by atoms with Crippen molar-refractivity contribution in [2.24, 2.45) is 4.99 Å². The van der Waals surface area contributed by atoms with Gasteiger partial charge < -0.3 is 30.0 Å². The number of benzene rings is 1. The molecule has 0 fully saturated rings. The Hall–Kier alpha value is -3.88. The van der Waals surface area contributed by atoms with E-state index in [9.17, 15) is 20.1 Å². The second kappa shape index (κ2) is 8.01. The quantitative estimate of drug-likeness (QED) is 0.373. The van der Waals surface area contributed by atoms with Crippen molar-refractivity contribution in [3.8, 4) is 17.5 Å². The predicted molar refractivity (Wildman–Crippen MR) is 109 cm³/mol. The van der Waals surface area contributed by atoms with Crippen molar-refractivity contribution in [1.29, 1.82) is 0 Å². The van der Waals surface area contributed by atoms with Crippen molar-refractivity contribution in [2.45, 2.75) is 13.5 Å². The number of nitrogens with one attached hydrogen (secondary N) is 1. The molecule has 0 bridgehead atoms. The molecule has 152 valence electrons. The summed E-state index contributed by atoms with van der Waals surface area (Å²) in [6.07, 6.45) is 2.88. The summed E-state index contributed by atoms with van der Waals surface area (Å²) in [5.41, 5.74) is 0.413. The van der Waals surface area contributed by atoms with Crippen LogP contribution in [-0.4, -0.2) is 51.0 Å². The Balaban J connectivity index is 2.05. The molecule has 0 spiro atoms. The average molecular weight is 398 g/mol. The van der Waals surface area contributed by atoms with E-state index in [0.29, 0.717) is 5.76 Å². The van der Waals surface area contributed by atoms with Crippen LogP contribution < -0.4 is 5.32 Å². The summed E-state index contributed by atoms with van der Waals surface area (Å²) in [6.45, 7) is 2.03. The normalized spacial score (nSPS) is 11.1. The Kier molecular flexibility index (Phi) is 5.49. The van der Waals surface area contributed by atoms with E-state index >= 15 is 0 Å². The summed E-state index contributed by atoms with van der Waals surface area (Å²) in [5, 5.41) is 34.5. The fourth-order valence-electron chi connectivity index (χ4n) is 2.80. The first-order valence-electron chi connectivity index (χ1n) is 8.87. The van der Waals surface area contributed by atoms with Crippen LogP contribution in [0.3, 0.4) is 0 Å². The molecule has 2 aromatic heterocycles. The molecule has 0 saturated carbocycles. The zero-order valence-electron chi connectivity index (χ0n) is 16.2. The van der Waals surface area contributed by atoms with Crippen molar-refractivity contribution in [1.82, 2.24) is 9.47 Å². The third kappa shape index (κ3) is 3.75. The Bertz CT molecular complexity index is 1050. The SMILES string of the molecule is CCn1c(O)c(N=Cc2ccco2)c(Nc2cccc(C(=O)N(C)C)c2O)c1O. The first-order chi connectivity index (χ1) is 13.8. The number of para-hydroxylation sites is 1. The lowest BCUT2D eigenvalue weighted by Gasteiger charge is -2.14. The van der Waals surface area contributed by atoms with Crippen LogP contribution in [0.5, 0.6) is 17.5 Å². The molecule has 0 aliphatic carbocycles. The number of phenols is 1. The summed E-state index contributed by atoms with van der Waals surface area (Å²) < 4.78 is 6.45. The number of anilines is 2.